The summed E-state index contributed by atoms with van der Waals surface area (Å²) in [5, 5.41) is 0.693. The van der Waals surface area contributed by atoms with Crippen LogP contribution < -0.4 is 0 Å². The van der Waals surface area contributed by atoms with Gasteiger partial charge in [0.25, 0.3) is 0 Å². The maximum atomic E-state index is 12.5. The van der Waals surface area contributed by atoms with Crippen LogP contribution >= 0.6 is 11.8 Å². The van der Waals surface area contributed by atoms with Gasteiger partial charge in [-0.3, -0.25) is 4.79 Å². The molecule has 0 radical (unpaired) electrons. The molecule has 110 valence electrons. The number of imidazole rings is 1. The van der Waals surface area contributed by atoms with Gasteiger partial charge in [-0.2, -0.15) is 11.8 Å². The molecular weight excluding hydrogens is 270 g/mol. The van der Waals surface area contributed by atoms with Crippen molar-refractivity contribution in [3.05, 3.63) is 18.2 Å². The number of thioether (sulfide) groups is 1. The highest BCUT2D eigenvalue weighted by molar-refractivity contribution is 8.00. The quantitative estimate of drug-likeness (QED) is 0.858. The monoisotopic (exact) mass is 293 g/mol. The molecule has 2 aliphatic rings. The zero-order valence-corrected chi connectivity index (χ0v) is 12.9. The summed E-state index contributed by atoms with van der Waals surface area (Å²) in [5.41, 5.74) is 1.14. The third-order valence-electron chi connectivity index (χ3n) is 4.56. The van der Waals surface area contributed by atoms with E-state index in [9.17, 15) is 4.79 Å². The number of fused-ring (bicyclic) bond motifs is 1. The Morgan fingerprint density at radius 2 is 2.30 bits per heavy atom. The lowest BCUT2D eigenvalue weighted by Gasteiger charge is -2.43. The second-order valence-electron chi connectivity index (χ2n) is 5.84. The average molecular weight is 293 g/mol. The molecule has 1 aliphatic carbocycles. The second-order valence-corrected chi connectivity index (χ2v) is 7.19. The maximum Gasteiger partial charge on any atom is 0.223 e. The number of aryl methyl sites for hydroxylation is 2. The third kappa shape index (κ3) is 2.87. The lowest BCUT2D eigenvalue weighted by atomic mass is 9.93. The number of rotatable bonds is 3. The van der Waals surface area contributed by atoms with Crippen molar-refractivity contribution in [1.82, 2.24) is 14.5 Å². The van der Waals surface area contributed by atoms with Gasteiger partial charge in [0.2, 0.25) is 5.91 Å². The van der Waals surface area contributed by atoms with Gasteiger partial charge in [0, 0.05) is 48.9 Å². The van der Waals surface area contributed by atoms with Crippen molar-refractivity contribution < 1.29 is 4.79 Å². The van der Waals surface area contributed by atoms with Crippen LogP contribution in [-0.2, 0) is 18.3 Å². The minimum Gasteiger partial charge on any atom is -0.338 e. The number of amides is 1. The maximum absolute atomic E-state index is 12.5. The zero-order chi connectivity index (χ0) is 13.9. The van der Waals surface area contributed by atoms with Gasteiger partial charge >= 0.3 is 0 Å². The van der Waals surface area contributed by atoms with Crippen LogP contribution in [0.1, 0.15) is 37.8 Å². The number of carbonyl (C=O) groups is 1. The van der Waals surface area contributed by atoms with Crippen LogP contribution in [0.25, 0.3) is 0 Å². The summed E-state index contributed by atoms with van der Waals surface area (Å²) in [5.74, 6) is 1.45. The van der Waals surface area contributed by atoms with Gasteiger partial charge in [-0.25, -0.2) is 4.98 Å². The molecule has 1 saturated heterocycles. The van der Waals surface area contributed by atoms with E-state index in [0.717, 1.165) is 24.4 Å². The number of carbonyl (C=O) groups excluding carboxylic acids is 1. The highest BCUT2D eigenvalue weighted by atomic mass is 32.2. The summed E-state index contributed by atoms with van der Waals surface area (Å²) < 4.78 is 2.00. The van der Waals surface area contributed by atoms with E-state index in [0.29, 0.717) is 23.6 Å². The van der Waals surface area contributed by atoms with Gasteiger partial charge in [-0.1, -0.05) is 12.8 Å². The second kappa shape index (κ2) is 6.20. The molecule has 1 aromatic rings. The lowest BCUT2D eigenvalue weighted by molar-refractivity contribution is -0.134. The van der Waals surface area contributed by atoms with Gasteiger partial charge in [-0.05, 0) is 19.3 Å². The fourth-order valence-corrected chi connectivity index (χ4v) is 4.85. The molecule has 2 fully saturated rings. The molecule has 0 bridgehead atoms. The molecule has 2 atom stereocenters. The van der Waals surface area contributed by atoms with Gasteiger partial charge in [0.05, 0.1) is 6.33 Å². The number of aromatic nitrogens is 2. The average Bonchev–Trinajstić information content (AvgIpc) is 2.89. The Balaban J connectivity index is 1.59. The van der Waals surface area contributed by atoms with E-state index in [1.165, 1.54) is 25.7 Å². The molecule has 2 heterocycles. The van der Waals surface area contributed by atoms with E-state index in [1.54, 1.807) is 6.33 Å². The summed E-state index contributed by atoms with van der Waals surface area (Å²) in [6, 6.07) is 0.501. The van der Waals surface area contributed by atoms with Crippen molar-refractivity contribution in [2.24, 2.45) is 7.05 Å². The highest BCUT2D eigenvalue weighted by Crippen LogP contribution is 2.35. The molecule has 1 aromatic heterocycles. The number of hydrogen-bond donors (Lipinski definition) is 0. The first kappa shape index (κ1) is 14.0. The van der Waals surface area contributed by atoms with Crippen LogP contribution in [-0.4, -0.2) is 43.9 Å². The molecule has 1 saturated carbocycles. The molecule has 0 spiro atoms. The Labute approximate surface area is 124 Å². The number of nitrogens with zero attached hydrogens (tertiary/aromatic N) is 3. The van der Waals surface area contributed by atoms with Crippen molar-refractivity contribution in [3.63, 3.8) is 0 Å². The minimum atomic E-state index is 0.336. The Bertz CT molecular complexity index is 471. The van der Waals surface area contributed by atoms with Gasteiger partial charge in [0.1, 0.15) is 0 Å². The van der Waals surface area contributed by atoms with Crippen LogP contribution in [0.5, 0.6) is 0 Å². The van der Waals surface area contributed by atoms with Crippen LogP contribution in [0.4, 0.5) is 0 Å². The lowest BCUT2D eigenvalue weighted by Crippen LogP contribution is -2.51. The van der Waals surface area contributed by atoms with E-state index < -0.39 is 0 Å². The van der Waals surface area contributed by atoms with Gasteiger partial charge in [-0.15, -0.1) is 0 Å². The predicted molar refractivity (Wildman–Crippen MR) is 81.7 cm³/mol. The highest BCUT2D eigenvalue weighted by Gasteiger charge is 2.35. The van der Waals surface area contributed by atoms with E-state index in [-0.39, 0.29) is 0 Å². The Morgan fingerprint density at radius 1 is 1.45 bits per heavy atom. The molecule has 20 heavy (non-hydrogen) atoms. The van der Waals surface area contributed by atoms with Crippen LogP contribution in [0.2, 0.25) is 0 Å². The van der Waals surface area contributed by atoms with Crippen molar-refractivity contribution in [2.75, 3.05) is 12.3 Å². The summed E-state index contributed by atoms with van der Waals surface area (Å²) in [6.45, 7) is 0.941. The summed E-state index contributed by atoms with van der Waals surface area (Å²) in [6.07, 6.45) is 10.2. The van der Waals surface area contributed by atoms with Crippen molar-refractivity contribution in [3.8, 4) is 0 Å². The minimum absolute atomic E-state index is 0.336. The molecule has 0 N–H and O–H groups in total. The fraction of sp³-hybridized carbons (Fsp3) is 0.733. The first-order valence-corrected chi connectivity index (χ1v) is 8.67. The Kier molecular flexibility index (Phi) is 4.34. The van der Waals surface area contributed by atoms with Crippen molar-refractivity contribution in [2.45, 2.75) is 49.8 Å². The van der Waals surface area contributed by atoms with E-state index in [1.807, 2.05) is 17.8 Å². The standard InChI is InChI=1S/C15H23N3OS/c1-17-11-16-10-12(17)6-7-15(19)18-8-9-20-14-5-3-2-4-13(14)18/h10-11,13-14H,2-9H2,1H3. The number of hydrogen-bond acceptors (Lipinski definition) is 3. The van der Waals surface area contributed by atoms with E-state index >= 15 is 0 Å². The Morgan fingerprint density at radius 3 is 3.10 bits per heavy atom. The summed E-state index contributed by atoms with van der Waals surface area (Å²) >= 11 is 2.08. The van der Waals surface area contributed by atoms with Crippen molar-refractivity contribution >= 4 is 17.7 Å². The first-order valence-electron chi connectivity index (χ1n) is 7.62. The van der Waals surface area contributed by atoms with Crippen molar-refractivity contribution in [1.29, 1.82) is 0 Å². The smallest absolute Gasteiger partial charge is 0.223 e. The van der Waals surface area contributed by atoms with E-state index in [2.05, 4.69) is 21.6 Å². The predicted octanol–water partition coefficient (Wildman–Crippen LogP) is 2.24. The zero-order valence-electron chi connectivity index (χ0n) is 12.1. The van der Waals surface area contributed by atoms with Crippen LogP contribution in [0.15, 0.2) is 12.5 Å². The molecule has 5 heteroatoms. The normalized spacial score (nSPS) is 26.4. The summed E-state index contributed by atoms with van der Waals surface area (Å²) in [4.78, 5) is 18.8. The molecular formula is C15H23N3OS. The molecule has 4 nitrogen and oxygen atoms in total. The first-order chi connectivity index (χ1) is 9.75. The molecule has 3 rings (SSSR count). The van der Waals surface area contributed by atoms with Gasteiger partial charge in [0.15, 0.2) is 0 Å². The molecule has 1 aliphatic heterocycles. The van der Waals surface area contributed by atoms with Crippen LogP contribution in [0.3, 0.4) is 0 Å². The molecule has 0 aromatic carbocycles. The molecule has 1 amide bonds. The Hall–Kier alpha value is -0.970. The largest absolute Gasteiger partial charge is 0.338 e. The third-order valence-corrected chi connectivity index (χ3v) is 5.96. The van der Waals surface area contributed by atoms with E-state index in [4.69, 9.17) is 0 Å². The molecule has 2 unspecified atom stereocenters. The SMILES string of the molecule is Cn1cncc1CCC(=O)N1CCSC2CCCCC21. The fourth-order valence-electron chi connectivity index (χ4n) is 3.41. The van der Waals surface area contributed by atoms with Crippen LogP contribution in [0, 0.1) is 0 Å². The van der Waals surface area contributed by atoms with Gasteiger partial charge < -0.3 is 9.47 Å². The topological polar surface area (TPSA) is 38.1 Å². The summed E-state index contributed by atoms with van der Waals surface area (Å²) in [7, 11) is 1.99.